The van der Waals surface area contributed by atoms with Crippen molar-refractivity contribution < 1.29 is 13.5 Å². The number of ether oxygens (including phenoxy) is 1. The van der Waals surface area contributed by atoms with E-state index < -0.39 is 17.9 Å². The smallest absolute Gasteiger partial charge is 0.278 e. The number of halogens is 2. The molecule has 1 heterocycles. The summed E-state index contributed by atoms with van der Waals surface area (Å²) < 4.78 is 31.2. The summed E-state index contributed by atoms with van der Waals surface area (Å²) in [7, 11) is 0. The Balaban J connectivity index is 2.71. The van der Waals surface area contributed by atoms with E-state index in [1.165, 1.54) is 6.92 Å². The Morgan fingerprint density at radius 2 is 1.91 bits per heavy atom. The van der Waals surface area contributed by atoms with E-state index in [1.54, 1.807) is 6.92 Å². The fourth-order valence-corrected chi connectivity index (χ4v) is 1.54. The maximum absolute atomic E-state index is 13.0. The van der Waals surface area contributed by atoms with Crippen LogP contribution in [0.4, 0.5) is 8.78 Å². The van der Waals surface area contributed by atoms with E-state index in [-0.39, 0.29) is 6.10 Å². The van der Waals surface area contributed by atoms with Crippen molar-refractivity contribution in [3.8, 4) is 0 Å². The Kier molecular flexibility index (Phi) is 2.19. The molecular formula is C8H14F2O. The largest absolute Gasteiger partial charge is 0.369 e. The lowest BCUT2D eigenvalue weighted by atomic mass is 9.96. The van der Waals surface area contributed by atoms with Gasteiger partial charge in [0, 0.05) is 5.92 Å². The highest BCUT2D eigenvalue weighted by Gasteiger charge is 2.53. The lowest BCUT2D eigenvalue weighted by Gasteiger charge is -2.17. The molecule has 0 aromatic heterocycles. The van der Waals surface area contributed by atoms with Gasteiger partial charge in [0.2, 0.25) is 0 Å². The molecule has 0 radical (unpaired) electrons. The van der Waals surface area contributed by atoms with Gasteiger partial charge in [0.15, 0.2) is 0 Å². The summed E-state index contributed by atoms with van der Waals surface area (Å²) in [6.45, 7) is 4.86. The zero-order chi connectivity index (χ0) is 8.65. The molecule has 11 heavy (non-hydrogen) atoms. The Bertz CT molecular complexity index is 147. The van der Waals surface area contributed by atoms with E-state index in [0.717, 1.165) is 0 Å². The Morgan fingerprint density at radius 1 is 1.36 bits per heavy atom. The van der Waals surface area contributed by atoms with Gasteiger partial charge in [-0.3, -0.25) is 0 Å². The Morgan fingerprint density at radius 3 is 2.09 bits per heavy atom. The molecule has 3 atom stereocenters. The summed E-state index contributed by atoms with van der Waals surface area (Å²) in [5.41, 5.74) is 0. The van der Waals surface area contributed by atoms with Crippen LogP contribution < -0.4 is 0 Å². The minimum absolute atomic E-state index is 0.264. The van der Waals surface area contributed by atoms with Crippen molar-refractivity contribution in [2.75, 3.05) is 0 Å². The molecule has 1 saturated heterocycles. The SMILES string of the molecule is CC[C@H]1O[C@@H](C)C(F)(F)[C@H]1C. The fourth-order valence-electron chi connectivity index (χ4n) is 1.54. The Labute approximate surface area is 65.7 Å². The molecule has 0 amide bonds. The average Bonchev–Trinajstić information content (AvgIpc) is 2.14. The lowest BCUT2D eigenvalue weighted by Crippen LogP contribution is -2.31. The molecular weight excluding hydrogens is 150 g/mol. The minimum atomic E-state index is -2.64. The number of rotatable bonds is 1. The van der Waals surface area contributed by atoms with Crippen molar-refractivity contribution in [2.24, 2.45) is 5.92 Å². The van der Waals surface area contributed by atoms with Crippen LogP contribution in [0.5, 0.6) is 0 Å². The second-order valence-electron chi connectivity index (χ2n) is 3.19. The average molecular weight is 164 g/mol. The van der Waals surface area contributed by atoms with Crippen LogP contribution in [0.25, 0.3) is 0 Å². The summed E-state index contributed by atoms with van der Waals surface area (Å²) in [5.74, 6) is -3.27. The highest BCUT2D eigenvalue weighted by atomic mass is 19.3. The molecule has 1 aliphatic heterocycles. The molecule has 3 heteroatoms. The first-order chi connectivity index (χ1) is 5.00. The van der Waals surface area contributed by atoms with Crippen LogP contribution in [0.1, 0.15) is 27.2 Å². The second-order valence-corrected chi connectivity index (χ2v) is 3.19. The van der Waals surface area contributed by atoms with Crippen molar-refractivity contribution in [3.05, 3.63) is 0 Å². The van der Waals surface area contributed by atoms with Crippen LogP contribution in [-0.2, 0) is 4.74 Å². The molecule has 1 rings (SSSR count). The predicted molar refractivity (Wildman–Crippen MR) is 38.7 cm³/mol. The van der Waals surface area contributed by atoms with Crippen LogP contribution in [0.2, 0.25) is 0 Å². The van der Waals surface area contributed by atoms with E-state index in [0.29, 0.717) is 6.42 Å². The van der Waals surface area contributed by atoms with Gasteiger partial charge in [-0.1, -0.05) is 13.8 Å². The van der Waals surface area contributed by atoms with E-state index in [4.69, 9.17) is 4.74 Å². The first-order valence-electron chi connectivity index (χ1n) is 4.03. The molecule has 0 unspecified atom stereocenters. The molecule has 0 aromatic carbocycles. The fraction of sp³-hybridized carbons (Fsp3) is 1.00. The highest BCUT2D eigenvalue weighted by molar-refractivity contribution is 4.91. The van der Waals surface area contributed by atoms with Crippen molar-refractivity contribution in [3.63, 3.8) is 0 Å². The maximum atomic E-state index is 13.0. The van der Waals surface area contributed by atoms with Crippen LogP contribution in [0.15, 0.2) is 0 Å². The molecule has 0 bridgehead atoms. The molecule has 0 saturated carbocycles. The number of hydrogen-bond donors (Lipinski definition) is 0. The van der Waals surface area contributed by atoms with Crippen molar-refractivity contribution in [1.29, 1.82) is 0 Å². The molecule has 0 spiro atoms. The third kappa shape index (κ3) is 1.26. The standard InChI is InChI=1S/C8H14F2O/c1-4-7-5(2)8(9,10)6(3)11-7/h5-7H,4H2,1-3H3/t5-,6-,7+/m0/s1. The summed E-state index contributed by atoms with van der Waals surface area (Å²) >= 11 is 0. The van der Waals surface area contributed by atoms with Gasteiger partial charge in [-0.05, 0) is 13.3 Å². The van der Waals surface area contributed by atoms with Crippen molar-refractivity contribution >= 4 is 0 Å². The molecule has 0 N–H and O–H groups in total. The van der Waals surface area contributed by atoms with Gasteiger partial charge >= 0.3 is 0 Å². The molecule has 0 aromatic rings. The lowest BCUT2D eigenvalue weighted by molar-refractivity contribution is -0.0770. The van der Waals surface area contributed by atoms with Gasteiger partial charge in [-0.2, -0.15) is 0 Å². The number of hydrogen-bond acceptors (Lipinski definition) is 1. The first-order valence-corrected chi connectivity index (χ1v) is 4.03. The van der Waals surface area contributed by atoms with Gasteiger partial charge in [-0.15, -0.1) is 0 Å². The normalized spacial score (nSPS) is 42.8. The monoisotopic (exact) mass is 164 g/mol. The van der Waals surface area contributed by atoms with Crippen molar-refractivity contribution in [1.82, 2.24) is 0 Å². The third-order valence-electron chi connectivity index (χ3n) is 2.49. The molecule has 1 nitrogen and oxygen atoms in total. The van der Waals surface area contributed by atoms with Crippen LogP contribution >= 0.6 is 0 Å². The predicted octanol–water partition coefficient (Wildman–Crippen LogP) is 2.46. The number of alkyl halides is 2. The van der Waals surface area contributed by atoms with E-state index in [2.05, 4.69) is 0 Å². The van der Waals surface area contributed by atoms with E-state index in [9.17, 15) is 8.78 Å². The van der Waals surface area contributed by atoms with Gasteiger partial charge in [-0.25, -0.2) is 8.78 Å². The minimum Gasteiger partial charge on any atom is -0.369 e. The summed E-state index contributed by atoms with van der Waals surface area (Å²) in [4.78, 5) is 0. The zero-order valence-electron chi connectivity index (χ0n) is 7.10. The summed E-state index contributed by atoms with van der Waals surface area (Å²) in [6.07, 6.45) is -0.511. The molecule has 1 aliphatic rings. The van der Waals surface area contributed by atoms with E-state index >= 15 is 0 Å². The van der Waals surface area contributed by atoms with E-state index in [1.807, 2.05) is 6.92 Å². The van der Waals surface area contributed by atoms with Crippen LogP contribution in [-0.4, -0.2) is 18.1 Å². The summed E-state index contributed by atoms with van der Waals surface area (Å²) in [5, 5.41) is 0. The van der Waals surface area contributed by atoms with Gasteiger partial charge in [0.1, 0.15) is 6.10 Å². The summed E-state index contributed by atoms with van der Waals surface area (Å²) in [6, 6.07) is 0. The van der Waals surface area contributed by atoms with Gasteiger partial charge in [0.25, 0.3) is 5.92 Å². The molecule has 66 valence electrons. The highest BCUT2D eigenvalue weighted by Crippen LogP contribution is 2.41. The van der Waals surface area contributed by atoms with Crippen LogP contribution in [0.3, 0.4) is 0 Å². The first kappa shape index (κ1) is 8.91. The second kappa shape index (κ2) is 2.70. The maximum Gasteiger partial charge on any atom is 0.278 e. The van der Waals surface area contributed by atoms with Gasteiger partial charge in [0.05, 0.1) is 6.10 Å². The Hall–Kier alpha value is -0.180. The third-order valence-corrected chi connectivity index (χ3v) is 2.49. The molecule has 0 aliphatic carbocycles. The zero-order valence-corrected chi connectivity index (χ0v) is 7.10. The van der Waals surface area contributed by atoms with Gasteiger partial charge < -0.3 is 4.74 Å². The van der Waals surface area contributed by atoms with Crippen molar-refractivity contribution in [2.45, 2.75) is 45.3 Å². The quantitative estimate of drug-likeness (QED) is 0.578. The molecule has 1 fully saturated rings. The van der Waals surface area contributed by atoms with Crippen LogP contribution in [0, 0.1) is 5.92 Å². The topological polar surface area (TPSA) is 9.23 Å².